The van der Waals surface area contributed by atoms with E-state index in [0.29, 0.717) is 22.6 Å². The molecule has 1 aromatic carbocycles. The number of hydrogen-bond donors (Lipinski definition) is 3. The van der Waals surface area contributed by atoms with Crippen LogP contribution < -0.4 is 21.3 Å². The van der Waals surface area contributed by atoms with Crippen molar-refractivity contribution in [2.24, 2.45) is 0 Å². The molecule has 6 rings (SSSR count). The zero-order valence-electron chi connectivity index (χ0n) is 19.1. The van der Waals surface area contributed by atoms with Gasteiger partial charge in [-0.3, -0.25) is 4.79 Å². The zero-order valence-corrected chi connectivity index (χ0v) is 19.9. The van der Waals surface area contributed by atoms with Crippen molar-refractivity contribution in [3.63, 3.8) is 0 Å². The van der Waals surface area contributed by atoms with Gasteiger partial charge in [-0.05, 0) is 73.9 Å². The Kier molecular flexibility index (Phi) is 5.26. The van der Waals surface area contributed by atoms with E-state index in [1.165, 1.54) is 41.0 Å². The molecule has 33 heavy (non-hydrogen) atoms. The minimum absolute atomic E-state index is 0.0742. The molecule has 2 aliphatic heterocycles. The van der Waals surface area contributed by atoms with Gasteiger partial charge >= 0.3 is 0 Å². The number of rotatable bonds is 4. The van der Waals surface area contributed by atoms with Crippen molar-refractivity contribution in [1.29, 1.82) is 0 Å². The summed E-state index contributed by atoms with van der Waals surface area (Å²) in [5.41, 5.74) is 12.0. The molecular weight excluding hydrogens is 430 g/mol. The van der Waals surface area contributed by atoms with E-state index in [1.807, 2.05) is 12.1 Å². The number of nitrogens with zero attached hydrogens (tertiary/aromatic N) is 2. The van der Waals surface area contributed by atoms with Crippen LogP contribution in [0.1, 0.15) is 52.7 Å². The molecule has 3 aliphatic rings. The summed E-state index contributed by atoms with van der Waals surface area (Å²) in [6.07, 6.45) is 6.29. The van der Waals surface area contributed by atoms with Crippen LogP contribution >= 0.6 is 11.3 Å². The highest BCUT2D eigenvalue weighted by molar-refractivity contribution is 7.21. The second-order valence-corrected chi connectivity index (χ2v) is 10.8. The van der Waals surface area contributed by atoms with Crippen LogP contribution in [0.5, 0.6) is 0 Å². The summed E-state index contributed by atoms with van der Waals surface area (Å²) < 4.78 is 0. The molecule has 2 bridgehead atoms. The van der Waals surface area contributed by atoms with Crippen molar-refractivity contribution in [1.82, 2.24) is 15.6 Å². The maximum atomic E-state index is 13.1. The number of pyridine rings is 1. The van der Waals surface area contributed by atoms with Crippen molar-refractivity contribution < 1.29 is 4.79 Å². The van der Waals surface area contributed by atoms with Crippen molar-refractivity contribution in [2.45, 2.75) is 63.6 Å². The van der Waals surface area contributed by atoms with Gasteiger partial charge in [-0.25, -0.2) is 4.98 Å². The van der Waals surface area contributed by atoms with Gasteiger partial charge in [-0.15, -0.1) is 11.3 Å². The number of hydrogen-bond acceptors (Lipinski definition) is 6. The van der Waals surface area contributed by atoms with Crippen LogP contribution in [0.4, 0.5) is 11.4 Å². The lowest BCUT2D eigenvalue weighted by Gasteiger charge is -2.35. The third-order valence-electron chi connectivity index (χ3n) is 7.56. The van der Waals surface area contributed by atoms with Crippen LogP contribution in [-0.2, 0) is 19.3 Å². The summed E-state index contributed by atoms with van der Waals surface area (Å²) in [5, 5.41) is 7.84. The van der Waals surface area contributed by atoms with E-state index in [4.69, 9.17) is 5.73 Å². The Labute approximate surface area is 198 Å². The van der Waals surface area contributed by atoms with Gasteiger partial charge < -0.3 is 21.3 Å². The van der Waals surface area contributed by atoms with Crippen LogP contribution in [0.15, 0.2) is 30.3 Å². The van der Waals surface area contributed by atoms with E-state index >= 15 is 0 Å². The Morgan fingerprint density at radius 1 is 1.18 bits per heavy atom. The lowest BCUT2D eigenvalue weighted by atomic mass is 9.87. The number of nitrogens with one attached hydrogen (secondary N) is 2. The molecule has 1 aliphatic carbocycles. The number of anilines is 2. The monoisotopic (exact) mass is 461 g/mol. The van der Waals surface area contributed by atoms with Gasteiger partial charge in [0, 0.05) is 48.0 Å². The van der Waals surface area contributed by atoms with Gasteiger partial charge in [0.25, 0.3) is 5.91 Å². The number of fused-ring (bicyclic) bond motifs is 4. The summed E-state index contributed by atoms with van der Waals surface area (Å²) in [4.78, 5) is 21.7. The summed E-state index contributed by atoms with van der Waals surface area (Å²) in [7, 11) is 0. The van der Waals surface area contributed by atoms with Gasteiger partial charge in [0.1, 0.15) is 9.71 Å². The van der Waals surface area contributed by atoms with E-state index in [1.54, 1.807) is 0 Å². The molecular formula is C26H31N5OS. The quantitative estimate of drug-likeness (QED) is 0.552. The molecule has 0 radical (unpaired) electrons. The third kappa shape index (κ3) is 3.87. The van der Waals surface area contributed by atoms with E-state index in [-0.39, 0.29) is 11.9 Å². The average Bonchev–Trinajstić information content (AvgIpc) is 3.36. The first-order valence-corrected chi connectivity index (χ1v) is 13.0. The predicted molar refractivity (Wildman–Crippen MR) is 135 cm³/mol. The summed E-state index contributed by atoms with van der Waals surface area (Å²) in [6, 6.07) is 12.3. The molecule has 4 N–H and O–H groups in total. The number of benzene rings is 1. The standard InChI is InChI=1S/C26H31N5OS/c1-2-17-8-10-22-23(27)24(33-26(22)30-17)25(32)29-18-5-3-16-12-21(9-4-15(16)11-18)31-13-19-6-7-20(14-31)28-19/h4,8-10,12,18-20,28H,2-3,5-7,11,13-14,27H2,1H3,(H,29,32)/t18-,19-,20+/m0/s1. The van der Waals surface area contributed by atoms with E-state index in [0.717, 1.165) is 54.7 Å². The maximum Gasteiger partial charge on any atom is 0.263 e. The molecule has 1 amide bonds. The minimum Gasteiger partial charge on any atom is -0.397 e. The number of carbonyl (C=O) groups is 1. The number of piperazine rings is 1. The normalized spacial score (nSPS) is 24.2. The van der Waals surface area contributed by atoms with Crippen molar-refractivity contribution in [3.8, 4) is 0 Å². The molecule has 0 saturated carbocycles. The van der Waals surface area contributed by atoms with Gasteiger partial charge in [0.2, 0.25) is 0 Å². The van der Waals surface area contributed by atoms with Gasteiger partial charge in [-0.2, -0.15) is 0 Å². The highest BCUT2D eigenvalue weighted by Crippen LogP contribution is 2.34. The summed E-state index contributed by atoms with van der Waals surface area (Å²) in [6.45, 7) is 4.30. The smallest absolute Gasteiger partial charge is 0.263 e. The zero-order chi connectivity index (χ0) is 22.5. The van der Waals surface area contributed by atoms with Crippen molar-refractivity contribution in [3.05, 3.63) is 52.0 Å². The summed E-state index contributed by atoms with van der Waals surface area (Å²) in [5.74, 6) is -0.0742. The molecule has 7 heteroatoms. The highest BCUT2D eigenvalue weighted by atomic mass is 32.1. The lowest BCUT2D eigenvalue weighted by Crippen LogP contribution is -2.51. The Morgan fingerprint density at radius 2 is 2.00 bits per heavy atom. The molecule has 3 atom stereocenters. The predicted octanol–water partition coefficient (Wildman–Crippen LogP) is 3.67. The number of aryl methyl sites for hydroxylation is 2. The molecule has 0 spiro atoms. The van der Waals surface area contributed by atoms with E-state index in [2.05, 4.69) is 45.6 Å². The largest absolute Gasteiger partial charge is 0.397 e. The molecule has 4 heterocycles. The number of nitrogens with two attached hydrogens (primary N) is 1. The summed E-state index contributed by atoms with van der Waals surface area (Å²) >= 11 is 1.40. The van der Waals surface area contributed by atoms with Crippen LogP contribution in [-0.4, -0.2) is 42.1 Å². The van der Waals surface area contributed by atoms with Crippen LogP contribution in [0.3, 0.4) is 0 Å². The first-order valence-electron chi connectivity index (χ1n) is 12.2. The molecule has 3 aromatic rings. The fourth-order valence-corrected chi connectivity index (χ4v) is 6.74. The number of thiophene rings is 1. The SMILES string of the molecule is CCc1ccc2c(N)c(C(=O)N[C@H]3CCc4cc(N5C[C@H]6CC[C@@H](C5)N6)ccc4C3)sc2n1. The molecule has 2 aromatic heterocycles. The first-order chi connectivity index (χ1) is 16.1. The molecule has 0 unspecified atom stereocenters. The van der Waals surface area contributed by atoms with Crippen LogP contribution in [0.25, 0.3) is 10.2 Å². The topological polar surface area (TPSA) is 83.3 Å². The number of aromatic nitrogens is 1. The van der Waals surface area contributed by atoms with Crippen molar-refractivity contribution in [2.75, 3.05) is 23.7 Å². The van der Waals surface area contributed by atoms with Gasteiger partial charge in [-0.1, -0.05) is 13.0 Å². The highest BCUT2D eigenvalue weighted by Gasteiger charge is 2.32. The second kappa shape index (κ2) is 8.29. The Bertz CT molecular complexity index is 1210. The fourth-order valence-electron chi connectivity index (χ4n) is 5.72. The van der Waals surface area contributed by atoms with Crippen LogP contribution in [0, 0.1) is 0 Å². The van der Waals surface area contributed by atoms with E-state index < -0.39 is 0 Å². The second-order valence-electron chi connectivity index (χ2n) is 9.76. The lowest BCUT2D eigenvalue weighted by molar-refractivity contribution is 0.0938. The third-order valence-corrected chi connectivity index (χ3v) is 8.67. The Hall–Kier alpha value is -2.64. The molecule has 2 saturated heterocycles. The average molecular weight is 462 g/mol. The Morgan fingerprint density at radius 3 is 2.79 bits per heavy atom. The first kappa shape index (κ1) is 20.9. The number of nitrogen functional groups attached to an aromatic ring is 1. The van der Waals surface area contributed by atoms with E-state index in [9.17, 15) is 4.79 Å². The number of amides is 1. The maximum absolute atomic E-state index is 13.1. The molecule has 172 valence electrons. The van der Waals surface area contributed by atoms with Gasteiger partial charge in [0.15, 0.2) is 0 Å². The van der Waals surface area contributed by atoms with Crippen molar-refractivity contribution >= 4 is 38.8 Å². The van der Waals surface area contributed by atoms with Crippen LogP contribution in [0.2, 0.25) is 0 Å². The number of carbonyl (C=O) groups excluding carboxylic acids is 1. The minimum atomic E-state index is -0.0742. The Balaban J connectivity index is 1.15. The fraction of sp³-hybridized carbons (Fsp3) is 0.462. The molecule has 6 nitrogen and oxygen atoms in total. The molecule has 2 fully saturated rings. The van der Waals surface area contributed by atoms with Gasteiger partial charge in [0.05, 0.1) is 5.69 Å².